The summed E-state index contributed by atoms with van der Waals surface area (Å²) in [6, 6.07) is 9.59. The van der Waals surface area contributed by atoms with Gasteiger partial charge in [0.2, 0.25) is 0 Å². The number of hydrogen-bond acceptors (Lipinski definition) is 3. The van der Waals surface area contributed by atoms with E-state index in [9.17, 15) is 13.6 Å². The van der Waals surface area contributed by atoms with Crippen LogP contribution in [0.15, 0.2) is 36.4 Å². The fraction of sp³-hybridized carbons (Fsp3) is 0.263. The molecule has 4 nitrogen and oxygen atoms in total. The lowest BCUT2D eigenvalue weighted by atomic mass is 9.95. The van der Waals surface area contributed by atoms with Crippen LogP contribution in [0.25, 0.3) is 11.0 Å². The maximum absolute atomic E-state index is 13.0. The van der Waals surface area contributed by atoms with Gasteiger partial charge in [-0.1, -0.05) is 39.7 Å². The van der Waals surface area contributed by atoms with E-state index in [4.69, 9.17) is 16.3 Å². The van der Waals surface area contributed by atoms with Crippen LogP contribution in [0, 0.1) is 0 Å². The highest BCUT2D eigenvalue weighted by atomic mass is 79.9. The van der Waals surface area contributed by atoms with Crippen molar-refractivity contribution in [1.29, 1.82) is 0 Å². The first-order valence-electron chi connectivity index (χ1n) is 8.27. The first-order chi connectivity index (χ1) is 12.9. The van der Waals surface area contributed by atoms with Gasteiger partial charge in [0, 0.05) is 16.1 Å². The maximum atomic E-state index is 13.0. The van der Waals surface area contributed by atoms with Gasteiger partial charge in [0.05, 0.1) is 21.9 Å². The highest BCUT2D eigenvalue weighted by Gasteiger charge is 2.37. The Balaban J connectivity index is 1.97. The Morgan fingerprint density at radius 3 is 2.85 bits per heavy atom. The Bertz CT molecular complexity index is 1050. The first-order valence-corrected chi connectivity index (χ1v) is 9.56. The smallest absolute Gasteiger partial charge is 0.387 e. The van der Waals surface area contributed by atoms with E-state index in [-0.39, 0.29) is 22.4 Å². The van der Waals surface area contributed by atoms with Crippen LogP contribution in [0.5, 0.6) is 5.75 Å². The second kappa shape index (κ2) is 6.87. The van der Waals surface area contributed by atoms with E-state index < -0.39 is 6.61 Å². The Morgan fingerprint density at radius 1 is 1.37 bits per heavy atom. The van der Waals surface area contributed by atoms with E-state index in [1.165, 1.54) is 13.0 Å². The number of fused-ring (bicyclic) bond motifs is 3. The van der Waals surface area contributed by atoms with Crippen molar-refractivity contribution in [2.24, 2.45) is 0 Å². The Hall–Kier alpha value is -1.99. The zero-order valence-corrected chi connectivity index (χ0v) is 16.5. The summed E-state index contributed by atoms with van der Waals surface area (Å²) in [6.07, 6.45) is 0.550. The molecule has 3 aromatic rings. The molecule has 0 spiro atoms. The predicted octanol–water partition coefficient (Wildman–Crippen LogP) is 5.92. The number of halogens is 4. The van der Waals surface area contributed by atoms with Gasteiger partial charge in [-0.3, -0.25) is 4.79 Å². The molecule has 0 saturated carbocycles. The van der Waals surface area contributed by atoms with E-state index >= 15 is 0 Å². The number of ketones is 1. The number of alkyl halides is 3. The van der Waals surface area contributed by atoms with Gasteiger partial charge in [0.25, 0.3) is 0 Å². The second-order valence-corrected chi connectivity index (χ2v) is 7.89. The van der Waals surface area contributed by atoms with E-state index in [1.807, 2.05) is 10.6 Å². The maximum Gasteiger partial charge on any atom is 0.387 e. The minimum Gasteiger partial charge on any atom is -0.434 e. The predicted molar refractivity (Wildman–Crippen MR) is 102 cm³/mol. The summed E-state index contributed by atoms with van der Waals surface area (Å²) < 4.78 is 32.7. The van der Waals surface area contributed by atoms with Crippen LogP contribution in [-0.4, -0.2) is 21.9 Å². The molecule has 0 fully saturated rings. The number of rotatable bonds is 4. The second-order valence-electron chi connectivity index (χ2n) is 6.34. The van der Waals surface area contributed by atoms with Crippen molar-refractivity contribution in [3.05, 3.63) is 58.4 Å². The van der Waals surface area contributed by atoms with Crippen LogP contribution in [0.3, 0.4) is 0 Å². The third-order valence-corrected chi connectivity index (χ3v) is 5.71. The molecular formula is C19H14BrClF2N2O2. The van der Waals surface area contributed by atoms with Crippen molar-refractivity contribution < 1.29 is 18.3 Å². The van der Waals surface area contributed by atoms with Crippen molar-refractivity contribution in [2.45, 2.75) is 30.8 Å². The number of benzene rings is 2. The minimum absolute atomic E-state index is 0.000807. The first kappa shape index (κ1) is 18.4. The van der Waals surface area contributed by atoms with Gasteiger partial charge in [0.1, 0.15) is 11.6 Å². The third-order valence-electron chi connectivity index (χ3n) is 4.70. The van der Waals surface area contributed by atoms with Crippen LogP contribution < -0.4 is 4.74 Å². The molecule has 1 aliphatic rings. The number of hydrogen-bond donors (Lipinski definition) is 0. The summed E-state index contributed by atoms with van der Waals surface area (Å²) in [5, 5.41) is 0.547. The quantitative estimate of drug-likeness (QED) is 0.362. The summed E-state index contributed by atoms with van der Waals surface area (Å²) in [4.78, 5) is 16.8. The summed E-state index contributed by atoms with van der Waals surface area (Å²) in [7, 11) is 0. The van der Waals surface area contributed by atoms with Gasteiger partial charge < -0.3 is 9.30 Å². The fourth-order valence-electron chi connectivity index (χ4n) is 3.68. The van der Waals surface area contributed by atoms with Gasteiger partial charge in [-0.2, -0.15) is 8.78 Å². The van der Waals surface area contributed by atoms with Crippen LogP contribution >= 0.6 is 27.5 Å². The molecule has 0 saturated heterocycles. The minimum atomic E-state index is -2.99. The van der Waals surface area contributed by atoms with Gasteiger partial charge >= 0.3 is 6.61 Å². The van der Waals surface area contributed by atoms with E-state index in [2.05, 4.69) is 20.9 Å². The lowest BCUT2D eigenvalue weighted by molar-refractivity contribution is -0.0507. The normalized spacial score (nSPS) is 18.9. The number of Topliss-reactive ketones (excluding diaryl/α,β-unsaturated/α-hetero) is 1. The number of carbonyl (C=O) groups is 1. The third kappa shape index (κ3) is 3.12. The molecule has 0 aliphatic carbocycles. The lowest BCUT2D eigenvalue weighted by Crippen LogP contribution is -2.14. The summed E-state index contributed by atoms with van der Waals surface area (Å²) in [5.74, 6) is 0.546. The zero-order chi connectivity index (χ0) is 19.3. The van der Waals surface area contributed by atoms with Crippen LogP contribution in [-0.2, 0) is 0 Å². The van der Waals surface area contributed by atoms with Crippen molar-refractivity contribution in [3.63, 3.8) is 0 Å². The summed E-state index contributed by atoms with van der Waals surface area (Å²) in [6.45, 7) is -1.57. The molecule has 1 aromatic heterocycles. The number of aromatic nitrogens is 2. The summed E-state index contributed by atoms with van der Waals surface area (Å²) in [5.41, 5.74) is 2.33. The molecule has 2 atom stereocenters. The van der Waals surface area contributed by atoms with E-state index in [0.717, 1.165) is 16.9 Å². The fourth-order valence-corrected chi connectivity index (χ4v) is 4.52. The molecule has 8 heteroatoms. The zero-order valence-electron chi connectivity index (χ0n) is 14.1. The SMILES string of the molecule is CC(=O)c1cccc(OC(F)F)c1[C@@H]1C[C@H](Br)c2nc3ccc(Cl)cc3n21. The monoisotopic (exact) mass is 454 g/mol. The molecule has 2 aromatic carbocycles. The van der Waals surface area contributed by atoms with Crippen LogP contribution in [0.2, 0.25) is 5.02 Å². The average Bonchev–Trinajstić information content (AvgIpc) is 3.12. The van der Waals surface area contributed by atoms with Crippen LogP contribution in [0.4, 0.5) is 8.78 Å². The van der Waals surface area contributed by atoms with Gasteiger partial charge in [-0.25, -0.2) is 4.98 Å². The molecule has 27 heavy (non-hydrogen) atoms. The van der Waals surface area contributed by atoms with Gasteiger partial charge in [-0.15, -0.1) is 0 Å². The highest BCUT2D eigenvalue weighted by molar-refractivity contribution is 9.09. The average molecular weight is 456 g/mol. The van der Waals surface area contributed by atoms with E-state index in [1.54, 1.807) is 24.3 Å². The van der Waals surface area contributed by atoms with Gasteiger partial charge in [-0.05, 0) is 37.6 Å². The largest absolute Gasteiger partial charge is 0.434 e. The Morgan fingerprint density at radius 2 is 2.15 bits per heavy atom. The van der Waals surface area contributed by atoms with Crippen molar-refractivity contribution in [3.8, 4) is 5.75 Å². The topological polar surface area (TPSA) is 44.1 Å². The summed E-state index contributed by atoms with van der Waals surface area (Å²) >= 11 is 9.78. The number of nitrogens with zero attached hydrogens (tertiary/aromatic N) is 2. The molecule has 0 N–H and O–H groups in total. The van der Waals surface area contributed by atoms with Crippen molar-refractivity contribution >= 4 is 44.3 Å². The molecule has 4 rings (SSSR count). The number of ether oxygens (including phenoxy) is 1. The molecule has 0 unspecified atom stereocenters. The molecule has 140 valence electrons. The van der Waals surface area contributed by atoms with E-state index in [0.29, 0.717) is 22.6 Å². The molecule has 1 aliphatic heterocycles. The molecule has 2 heterocycles. The molecule has 0 radical (unpaired) electrons. The highest BCUT2D eigenvalue weighted by Crippen LogP contribution is 2.48. The molecule has 0 bridgehead atoms. The van der Waals surface area contributed by atoms with Gasteiger partial charge in [0.15, 0.2) is 5.78 Å². The molecule has 0 amide bonds. The molecular weight excluding hydrogens is 442 g/mol. The Kier molecular flexibility index (Phi) is 4.68. The lowest BCUT2D eigenvalue weighted by Gasteiger charge is -2.21. The number of carbonyl (C=O) groups excluding carboxylic acids is 1. The Labute approximate surface area is 167 Å². The standard InChI is InChI=1S/C19H14BrClF2N2O2/c1-9(26)11-3-2-4-16(27-19(22)23)17(11)15-8-12(20)18-24-13-6-5-10(21)7-14(13)25(15)18/h2-7,12,15,19H,8H2,1H3/t12-,15-/m0/s1. The van der Waals surface area contributed by atoms with Crippen molar-refractivity contribution in [1.82, 2.24) is 9.55 Å². The number of imidazole rings is 1. The van der Waals surface area contributed by atoms with Crippen molar-refractivity contribution in [2.75, 3.05) is 0 Å². The van der Waals surface area contributed by atoms with Crippen LogP contribution in [0.1, 0.15) is 46.0 Å².